The number of carbonyl (C=O) groups is 1. The summed E-state index contributed by atoms with van der Waals surface area (Å²) in [5.41, 5.74) is 2.23. The van der Waals surface area contributed by atoms with Crippen molar-refractivity contribution in [2.24, 2.45) is 0 Å². The molecule has 0 aliphatic heterocycles. The Morgan fingerprint density at radius 2 is 1.90 bits per heavy atom. The molecule has 4 nitrogen and oxygen atoms in total. The average molecular weight is 283 g/mol. The van der Waals surface area contributed by atoms with E-state index in [1.807, 2.05) is 54.3 Å². The van der Waals surface area contributed by atoms with Gasteiger partial charge >= 0.3 is 0 Å². The van der Waals surface area contributed by atoms with Crippen LogP contribution < -0.4 is 5.32 Å². The summed E-state index contributed by atoms with van der Waals surface area (Å²) in [4.78, 5) is 18.1. The minimum absolute atomic E-state index is 0.116. The van der Waals surface area contributed by atoms with E-state index in [0.29, 0.717) is 26.2 Å². The molecule has 1 aromatic heterocycles. The number of aromatic nitrogens is 1. The van der Waals surface area contributed by atoms with Crippen LogP contribution in [0.15, 0.2) is 54.9 Å². The average Bonchev–Trinajstić information content (AvgIpc) is 2.54. The van der Waals surface area contributed by atoms with Crippen LogP contribution >= 0.6 is 0 Å². The van der Waals surface area contributed by atoms with Crippen molar-refractivity contribution < 1.29 is 4.79 Å². The summed E-state index contributed by atoms with van der Waals surface area (Å²) >= 11 is 0. The summed E-state index contributed by atoms with van der Waals surface area (Å²) in [5, 5.41) is 3.17. The second-order valence-electron chi connectivity index (χ2n) is 4.86. The fraction of sp³-hybridized carbons (Fsp3) is 0.294. The van der Waals surface area contributed by atoms with E-state index in [9.17, 15) is 4.79 Å². The van der Waals surface area contributed by atoms with Crippen LogP contribution in [0.1, 0.15) is 18.1 Å². The summed E-state index contributed by atoms with van der Waals surface area (Å²) in [7, 11) is 0. The topological polar surface area (TPSA) is 45.2 Å². The van der Waals surface area contributed by atoms with E-state index in [4.69, 9.17) is 0 Å². The molecule has 0 unspecified atom stereocenters. The summed E-state index contributed by atoms with van der Waals surface area (Å²) < 4.78 is 0. The molecule has 0 saturated carbocycles. The smallest absolute Gasteiger partial charge is 0.236 e. The van der Waals surface area contributed by atoms with Gasteiger partial charge in [0.2, 0.25) is 5.91 Å². The zero-order valence-electron chi connectivity index (χ0n) is 12.3. The van der Waals surface area contributed by atoms with Gasteiger partial charge in [0.25, 0.3) is 0 Å². The Kier molecular flexibility index (Phi) is 5.91. The number of rotatable bonds is 7. The summed E-state index contributed by atoms with van der Waals surface area (Å²) in [6, 6.07) is 13.9. The number of hydrogen-bond donors (Lipinski definition) is 1. The molecule has 1 heterocycles. The van der Waals surface area contributed by atoms with Crippen LogP contribution in [-0.4, -0.2) is 28.9 Å². The molecule has 0 saturated heterocycles. The first-order valence-corrected chi connectivity index (χ1v) is 7.21. The Morgan fingerprint density at radius 3 is 2.57 bits per heavy atom. The minimum Gasteiger partial charge on any atom is -0.338 e. The molecule has 0 atom stereocenters. The molecule has 0 radical (unpaired) electrons. The van der Waals surface area contributed by atoms with Crippen molar-refractivity contribution in [1.82, 2.24) is 15.2 Å². The number of benzene rings is 1. The van der Waals surface area contributed by atoms with Crippen molar-refractivity contribution in [2.45, 2.75) is 20.0 Å². The van der Waals surface area contributed by atoms with Gasteiger partial charge in [-0.05, 0) is 24.1 Å². The third-order valence-corrected chi connectivity index (χ3v) is 3.28. The van der Waals surface area contributed by atoms with Crippen LogP contribution in [0.2, 0.25) is 0 Å². The molecule has 0 aliphatic carbocycles. The van der Waals surface area contributed by atoms with Crippen LogP contribution in [0.4, 0.5) is 0 Å². The third kappa shape index (κ3) is 5.00. The molecule has 110 valence electrons. The van der Waals surface area contributed by atoms with Crippen LogP contribution in [0.25, 0.3) is 0 Å². The zero-order chi connectivity index (χ0) is 14.9. The van der Waals surface area contributed by atoms with E-state index in [1.165, 1.54) is 0 Å². The van der Waals surface area contributed by atoms with E-state index in [1.54, 1.807) is 12.4 Å². The third-order valence-electron chi connectivity index (χ3n) is 3.28. The molecule has 0 aliphatic rings. The highest BCUT2D eigenvalue weighted by Crippen LogP contribution is 2.04. The van der Waals surface area contributed by atoms with Gasteiger partial charge in [-0.15, -0.1) is 0 Å². The Bertz CT molecular complexity index is 542. The van der Waals surface area contributed by atoms with Crippen molar-refractivity contribution in [3.63, 3.8) is 0 Å². The molecule has 0 spiro atoms. The highest BCUT2D eigenvalue weighted by molar-refractivity contribution is 5.78. The second-order valence-corrected chi connectivity index (χ2v) is 4.86. The van der Waals surface area contributed by atoms with Crippen molar-refractivity contribution in [2.75, 3.05) is 13.1 Å². The first kappa shape index (κ1) is 15.2. The summed E-state index contributed by atoms with van der Waals surface area (Å²) in [6.07, 6.45) is 3.55. The largest absolute Gasteiger partial charge is 0.338 e. The van der Waals surface area contributed by atoms with Crippen LogP contribution in [0.3, 0.4) is 0 Å². The number of carbonyl (C=O) groups excluding carboxylic acids is 1. The van der Waals surface area contributed by atoms with Crippen LogP contribution in [0.5, 0.6) is 0 Å². The molecule has 1 amide bonds. The Hall–Kier alpha value is -2.20. The van der Waals surface area contributed by atoms with E-state index in [-0.39, 0.29) is 5.91 Å². The van der Waals surface area contributed by atoms with Gasteiger partial charge < -0.3 is 10.2 Å². The van der Waals surface area contributed by atoms with Gasteiger partial charge in [-0.2, -0.15) is 0 Å². The Labute approximate surface area is 125 Å². The maximum absolute atomic E-state index is 12.2. The molecule has 21 heavy (non-hydrogen) atoms. The van der Waals surface area contributed by atoms with E-state index < -0.39 is 0 Å². The van der Waals surface area contributed by atoms with Gasteiger partial charge in [0.15, 0.2) is 0 Å². The normalized spacial score (nSPS) is 10.3. The van der Waals surface area contributed by atoms with Gasteiger partial charge in [0.05, 0.1) is 6.54 Å². The van der Waals surface area contributed by atoms with Gasteiger partial charge in [0, 0.05) is 32.0 Å². The number of hydrogen-bond acceptors (Lipinski definition) is 3. The zero-order valence-corrected chi connectivity index (χ0v) is 12.3. The fourth-order valence-electron chi connectivity index (χ4n) is 2.11. The quantitative estimate of drug-likeness (QED) is 0.847. The van der Waals surface area contributed by atoms with Gasteiger partial charge in [-0.1, -0.05) is 36.4 Å². The van der Waals surface area contributed by atoms with Crippen LogP contribution in [0, 0.1) is 0 Å². The van der Waals surface area contributed by atoms with Gasteiger partial charge in [-0.3, -0.25) is 9.78 Å². The number of likely N-dealkylation sites (N-methyl/N-ethyl adjacent to an activating group) is 1. The fourth-order valence-corrected chi connectivity index (χ4v) is 2.11. The molecule has 4 heteroatoms. The number of nitrogens with one attached hydrogen (secondary N) is 1. The highest BCUT2D eigenvalue weighted by Gasteiger charge is 2.11. The maximum Gasteiger partial charge on any atom is 0.236 e. The highest BCUT2D eigenvalue weighted by atomic mass is 16.2. The van der Waals surface area contributed by atoms with E-state index in [2.05, 4.69) is 10.3 Å². The maximum atomic E-state index is 12.2. The lowest BCUT2D eigenvalue weighted by Crippen LogP contribution is -2.37. The van der Waals surface area contributed by atoms with Crippen molar-refractivity contribution in [3.05, 3.63) is 66.0 Å². The van der Waals surface area contributed by atoms with E-state index >= 15 is 0 Å². The Balaban J connectivity index is 1.80. The molecule has 0 fully saturated rings. The monoisotopic (exact) mass is 283 g/mol. The molecular formula is C17H21N3O. The molecule has 1 aromatic carbocycles. The molecule has 2 aromatic rings. The van der Waals surface area contributed by atoms with E-state index in [0.717, 1.165) is 11.1 Å². The number of pyridine rings is 1. The predicted molar refractivity (Wildman–Crippen MR) is 83.5 cm³/mol. The first-order valence-electron chi connectivity index (χ1n) is 7.21. The molecule has 0 bridgehead atoms. The minimum atomic E-state index is 0.116. The SMILES string of the molecule is CCN(Cc1ccccc1)C(=O)CNCc1cccnc1. The lowest BCUT2D eigenvalue weighted by Gasteiger charge is -2.21. The summed E-state index contributed by atoms with van der Waals surface area (Å²) in [6.45, 7) is 4.37. The lowest BCUT2D eigenvalue weighted by atomic mass is 10.2. The standard InChI is InChI=1S/C17H21N3O/c1-2-20(14-15-7-4-3-5-8-15)17(21)13-19-12-16-9-6-10-18-11-16/h3-11,19H,2,12-14H2,1H3. The van der Waals surface area contributed by atoms with Gasteiger partial charge in [0.1, 0.15) is 0 Å². The second kappa shape index (κ2) is 8.17. The van der Waals surface area contributed by atoms with Crippen molar-refractivity contribution in [1.29, 1.82) is 0 Å². The number of nitrogens with zero attached hydrogens (tertiary/aromatic N) is 2. The van der Waals surface area contributed by atoms with Crippen LogP contribution in [-0.2, 0) is 17.9 Å². The molecule has 2 rings (SSSR count). The lowest BCUT2D eigenvalue weighted by molar-refractivity contribution is -0.130. The Morgan fingerprint density at radius 1 is 1.14 bits per heavy atom. The first-order chi connectivity index (χ1) is 10.3. The van der Waals surface area contributed by atoms with Crippen molar-refractivity contribution in [3.8, 4) is 0 Å². The molecule has 1 N–H and O–H groups in total. The molecular weight excluding hydrogens is 262 g/mol. The predicted octanol–water partition coefficient (Wildman–Crippen LogP) is 2.22. The number of amides is 1. The van der Waals surface area contributed by atoms with Crippen molar-refractivity contribution >= 4 is 5.91 Å². The van der Waals surface area contributed by atoms with Gasteiger partial charge in [-0.25, -0.2) is 0 Å². The summed E-state index contributed by atoms with van der Waals surface area (Å²) in [5.74, 6) is 0.116.